The zero-order valence-electron chi connectivity index (χ0n) is 12.1. The Bertz CT molecular complexity index is 514. The third-order valence-electron chi connectivity index (χ3n) is 3.15. The van der Waals surface area contributed by atoms with Crippen molar-refractivity contribution in [1.82, 2.24) is 0 Å². The van der Waals surface area contributed by atoms with Gasteiger partial charge in [0.15, 0.2) is 0 Å². The van der Waals surface area contributed by atoms with Crippen molar-refractivity contribution in [2.24, 2.45) is 0 Å². The fourth-order valence-corrected chi connectivity index (χ4v) is 2.30. The molecule has 2 rings (SSSR count). The predicted molar refractivity (Wildman–Crippen MR) is 77.7 cm³/mol. The Balaban J connectivity index is 2.32. The Morgan fingerprint density at radius 1 is 1.47 bits per heavy atom. The van der Waals surface area contributed by atoms with Crippen LogP contribution in [-0.2, 0) is 4.74 Å². The van der Waals surface area contributed by atoms with Gasteiger partial charge in [-0.05, 0) is 39.3 Å². The molecule has 0 N–H and O–H groups in total. The number of carbonyl (C=O) groups excluding carboxylic acids is 1. The standard InChI is InChI=1S/C16H21NO2/c1-6-12-10-17(15(18)19-16(3,4)5)14-8-7-11(2)9-13(12)14/h6-9,12H,1,10H2,2-5H3. The monoisotopic (exact) mass is 259 g/mol. The molecule has 0 aliphatic carbocycles. The highest BCUT2D eigenvalue weighted by Gasteiger charge is 2.33. The van der Waals surface area contributed by atoms with Crippen LogP contribution in [0.1, 0.15) is 37.8 Å². The first-order valence-electron chi connectivity index (χ1n) is 6.55. The summed E-state index contributed by atoms with van der Waals surface area (Å²) in [5.41, 5.74) is 2.80. The van der Waals surface area contributed by atoms with Gasteiger partial charge in [0.25, 0.3) is 0 Å². The van der Waals surface area contributed by atoms with Crippen molar-refractivity contribution in [3.8, 4) is 0 Å². The van der Waals surface area contributed by atoms with Gasteiger partial charge in [-0.15, -0.1) is 6.58 Å². The largest absolute Gasteiger partial charge is 0.443 e. The van der Waals surface area contributed by atoms with Gasteiger partial charge in [0.2, 0.25) is 0 Å². The third kappa shape index (κ3) is 2.80. The molecule has 1 atom stereocenters. The van der Waals surface area contributed by atoms with E-state index in [0.717, 1.165) is 11.3 Å². The zero-order valence-corrected chi connectivity index (χ0v) is 12.1. The Morgan fingerprint density at radius 2 is 2.16 bits per heavy atom. The van der Waals surface area contributed by atoms with Crippen molar-refractivity contribution < 1.29 is 9.53 Å². The first-order chi connectivity index (χ1) is 8.81. The molecule has 1 aromatic carbocycles. The lowest BCUT2D eigenvalue weighted by atomic mass is 10.00. The number of fused-ring (bicyclic) bond motifs is 1. The maximum Gasteiger partial charge on any atom is 0.414 e. The molecular formula is C16H21NO2. The number of aryl methyl sites for hydroxylation is 1. The number of hydrogen-bond donors (Lipinski definition) is 0. The van der Waals surface area contributed by atoms with Crippen LogP contribution in [0.5, 0.6) is 0 Å². The number of ether oxygens (including phenoxy) is 1. The lowest BCUT2D eigenvalue weighted by Crippen LogP contribution is -2.36. The van der Waals surface area contributed by atoms with Crippen LogP contribution in [0.2, 0.25) is 0 Å². The molecular weight excluding hydrogens is 238 g/mol. The highest BCUT2D eigenvalue weighted by Crippen LogP contribution is 2.38. The van der Waals surface area contributed by atoms with Crippen molar-refractivity contribution in [3.63, 3.8) is 0 Å². The maximum absolute atomic E-state index is 12.2. The van der Waals surface area contributed by atoms with Crippen molar-refractivity contribution in [2.45, 2.75) is 39.2 Å². The van der Waals surface area contributed by atoms with Gasteiger partial charge in [-0.3, -0.25) is 4.90 Å². The van der Waals surface area contributed by atoms with E-state index in [-0.39, 0.29) is 12.0 Å². The van der Waals surface area contributed by atoms with Crippen LogP contribution in [0.25, 0.3) is 0 Å². The zero-order chi connectivity index (χ0) is 14.2. The van der Waals surface area contributed by atoms with Crippen LogP contribution in [0.4, 0.5) is 10.5 Å². The van der Waals surface area contributed by atoms with Crippen LogP contribution in [0, 0.1) is 6.92 Å². The van der Waals surface area contributed by atoms with Crippen LogP contribution in [0.3, 0.4) is 0 Å². The van der Waals surface area contributed by atoms with Crippen molar-refractivity contribution in [1.29, 1.82) is 0 Å². The minimum Gasteiger partial charge on any atom is -0.443 e. The molecule has 3 nitrogen and oxygen atoms in total. The Labute approximate surface area is 114 Å². The second kappa shape index (κ2) is 4.72. The number of benzene rings is 1. The molecule has 0 radical (unpaired) electrons. The summed E-state index contributed by atoms with van der Waals surface area (Å²) in [6, 6.07) is 6.12. The highest BCUT2D eigenvalue weighted by atomic mass is 16.6. The van der Waals surface area contributed by atoms with Crippen molar-refractivity contribution in [2.75, 3.05) is 11.4 Å². The van der Waals surface area contributed by atoms with Gasteiger partial charge in [0, 0.05) is 12.5 Å². The first kappa shape index (κ1) is 13.7. The molecule has 1 unspecified atom stereocenters. The number of amides is 1. The predicted octanol–water partition coefficient (Wildman–Crippen LogP) is 4.02. The average Bonchev–Trinajstić information content (AvgIpc) is 2.64. The molecule has 3 heteroatoms. The molecule has 0 bridgehead atoms. The summed E-state index contributed by atoms with van der Waals surface area (Å²) < 4.78 is 5.45. The molecule has 0 saturated carbocycles. The van der Waals surface area contributed by atoms with E-state index in [1.807, 2.05) is 39.0 Å². The number of anilines is 1. The summed E-state index contributed by atoms with van der Waals surface area (Å²) in [5.74, 6) is 0.183. The smallest absolute Gasteiger partial charge is 0.414 e. The lowest BCUT2D eigenvalue weighted by molar-refractivity contribution is 0.0583. The van der Waals surface area contributed by atoms with Crippen LogP contribution in [-0.4, -0.2) is 18.2 Å². The van der Waals surface area contributed by atoms with E-state index < -0.39 is 5.60 Å². The molecule has 1 heterocycles. The van der Waals surface area contributed by atoms with Crippen LogP contribution >= 0.6 is 0 Å². The molecule has 0 spiro atoms. The van der Waals surface area contributed by atoms with Gasteiger partial charge in [0.1, 0.15) is 5.60 Å². The maximum atomic E-state index is 12.2. The molecule has 0 aromatic heterocycles. The second-order valence-electron chi connectivity index (χ2n) is 6.00. The Kier molecular flexibility index (Phi) is 3.40. The van der Waals surface area contributed by atoms with E-state index in [1.165, 1.54) is 5.56 Å². The van der Waals surface area contributed by atoms with E-state index in [4.69, 9.17) is 4.74 Å². The molecule has 1 aromatic rings. The topological polar surface area (TPSA) is 29.5 Å². The Morgan fingerprint density at radius 3 is 2.74 bits per heavy atom. The fourth-order valence-electron chi connectivity index (χ4n) is 2.30. The fraction of sp³-hybridized carbons (Fsp3) is 0.438. The summed E-state index contributed by atoms with van der Waals surface area (Å²) in [7, 11) is 0. The van der Waals surface area contributed by atoms with E-state index in [9.17, 15) is 4.79 Å². The van der Waals surface area contributed by atoms with Gasteiger partial charge in [-0.25, -0.2) is 4.79 Å². The molecule has 1 amide bonds. The van der Waals surface area contributed by atoms with Gasteiger partial charge < -0.3 is 4.74 Å². The van der Waals surface area contributed by atoms with Gasteiger partial charge >= 0.3 is 6.09 Å². The van der Waals surface area contributed by atoms with E-state index >= 15 is 0 Å². The first-order valence-corrected chi connectivity index (χ1v) is 6.55. The third-order valence-corrected chi connectivity index (χ3v) is 3.15. The van der Waals surface area contributed by atoms with Gasteiger partial charge in [0.05, 0.1) is 5.69 Å². The second-order valence-corrected chi connectivity index (χ2v) is 6.00. The quantitative estimate of drug-likeness (QED) is 0.713. The summed E-state index contributed by atoms with van der Waals surface area (Å²) in [4.78, 5) is 13.9. The SMILES string of the molecule is C=CC1CN(C(=O)OC(C)(C)C)c2ccc(C)cc21. The summed E-state index contributed by atoms with van der Waals surface area (Å²) >= 11 is 0. The number of rotatable bonds is 1. The molecule has 0 saturated heterocycles. The van der Waals surface area contributed by atoms with Crippen LogP contribution < -0.4 is 4.90 Å². The van der Waals surface area contributed by atoms with E-state index in [0.29, 0.717) is 6.54 Å². The molecule has 102 valence electrons. The van der Waals surface area contributed by atoms with E-state index in [2.05, 4.69) is 19.6 Å². The summed E-state index contributed by atoms with van der Waals surface area (Å²) in [6.07, 6.45) is 1.60. The van der Waals surface area contributed by atoms with Crippen LogP contribution in [0.15, 0.2) is 30.9 Å². The lowest BCUT2D eigenvalue weighted by Gasteiger charge is -2.25. The van der Waals surface area contributed by atoms with Crippen molar-refractivity contribution >= 4 is 11.8 Å². The van der Waals surface area contributed by atoms with Gasteiger partial charge in [-0.1, -0.05) is 23.8 Å². The Hall–Kier alpha value is -1.77. The van der Waals surface area contributed by atoms with Crippen molar-refractivity contribution in [3.05, 3.63) is 42.0 Å². The molecule has 1 aliphatic rings. The van der Waals surface area contributed by atoms with Gasteiger partial charge in [-0.2, -0.15) is 0 Å². The molecule has 0 fully saturated rings. The normalized spacial score (nSPS) is 18.1. The summed E-state index contributed by atoms with van der Waals surface area (Å²) in [6.45, 7) is 12.2. The number of hydrogen-bond acceptors (Lipinski definition) is 2. The highest BCUT2D eigenvalue weighted by molar-refractivity contribution is 5.91. The minimum atomic E-state index is -0.478. The molecule has 1 aliphatic heterocycles. The summed E-state index contributed by atoms with van der Waals surface area (Å²) in [5, 5.41) is 0. The number of carbonyl (C=O) groups is 1. The molecule has 19 heavy (non-hydrogen) atoms. The minimum absolute atomic E-state index is 0.183. The van der Waals surface area contributed by atoms with E-state index in [1.54, 1.807) is 4.90 Å². The average molecular weight is 259 g/mol. The number of nitrogens with zero attached hydrogens (tertiary/aromatic N) is 1.